The highest BCUT2D eigenvalue weighted by Crippen LogP contribution is 2.66. The maximum absolute atomic E-state index is 15.4. The van der Waals surface area contributed by atoms with Gasteiger partial charge in [0.25, 0.3) is 11.8 Å². The molecular formula is C39H31Cl2F5IN3O6. The molecule has 56 heavy (non-hydrogen) atoms. The minimum Gasteiger partial charge on any atom is -0.504 e. The highest BCUT2D eigenvalue weighted by atomic mass is 127. The van der Waals surface area contributed by atoms with E-state index in [9.17, 15) is 37.5 Å². The summed E-state index contributed by atoms with van der Waals surface area (Å²) in [4.78, 5) is 55.7. The van der Waals surface area contributed by atoms with Crippen molar-refractivity contribution in [2.24, 2.45) is 17.8 Å². The van der Waals surface area contributed by atoms with Crippen LogP contribution in [-0.4, -0.2) is 74.5 Å². The second-order valence-electron chi connectivity index (χ2n) is 14.8. The molecule has 3 aromatic carbocycles. The van der Waals surface area contributed by atoms with Crippen molar-refractivity contribution in [1.82, 2.24) is 9.80 Å². The van der Waals surface area contributed by atoms with Gasteiger partial charge in [-0.15, -0.1) is 23.2 Å². The van der Waals surface area contributed by atoms with E-state index in [0.717, 1.165) is 5.56 Å². The molecule has 3 aromatic rings. The Hall–Kier alpha value is -3.80. The minimum absolute atomic E-state index is 0.0268. The summed E-state index contributed by atoms with van der Waals surface area (Å²) in [6.45, 7) is 1.93. The van der Waals surface area contributed by atoms with Crippen LogP contribution in [0.15, 0.2) is 54.1 Å². The molecular weight excluding hydrogens is 899 g/mol. The number of methoxy groups -OCH3 is 1. The van der Waals surface area contributed by atoms with Crippen LogP contribution in [0.4, 0.5) is 27.6 Å². The highest BCUT2D eigenvalue weighted by molar-refractivity contribution is 14.1. The summed E-state index contributed by atoms with van der Waals surface area (Å²) < 4.78 is 79.5. The first-order valence-electron chi connectivity index (χ1n) is 17.7. The third-order valence-electron chi connectivity index (χ3n) is 12.0. The van der Waals surface area contributed by atoms with Gasteiger partial charge in [-0.1, -0.05) is 42.0 Å². The molecule has 2 aliphatic carbocycles. The molecule has 8 rings (SSSR count). The Kier molecular flexibility index (Phi) is 9.72. The Balaban J connectivity index is 1.21. The Morgan fingerprint density at radius 2 is 1.50 bits per heavy atom. The lowest BCUT2D eigenvalue weighted by Crippen LogP contribution is -2.60. The van der Waals surface area contributed by atoms with Crippen molar-refractivity contribution in [2.75, 3.05) is 25.1 Å². The van der Waals surface area contributed by atoms with Gasteiger partial charge in [0.05, 0.1) is 22.5 Å². The summed E-state index contributed by atoms with van der Waals surface area (Å²) in [5.74, 6) is -21.2. The zero-order valence-corrected chi connectivity index (χ0v) is 33.0. The predicted molar refractivity (Wildman–Crippen MR) is 200 cm³/mol. The van der Waals surface area contributed by atoms with Crippen molar-refractivity contribution in [3.8, 4) is 11.5 Å². The Labute approximate surface area is 340 Å². The summed E-state index contributed by atoms with van der Waals surface area (Å²) in [6.07, 6.45) is 2.08. The van der Waals surface area contributed by atoms with Crippen LogP contribution in [0.2, 0.25) is 0 Å². The number of phenols is 1. The molecule has 6 atom stereocenters. The second-order valence-corrected chi connectivity index (χ2v) is 17.2. The van der Waals surface area contributed by atoms with E-state index < -0.39 is 104 Å². The zero-order valence-electron chi connectivity index (χ0n) is 29.3. The Morgan fingerprint density at radius 3 is 2.12 bits per heavy atom. The average molecular weight is 930 g/mol. The summed E-state index contributed by atoms with van der Waals surface area (Å²) in [7, 11) is 1.25. The molecule has 0 radical (unpaired) electrons. The SMILES string of the molecule is COc1cc(C2C3=CCC4C(=O)N(C5CCN(Cc6ccccc6)CC5)C(=O)C4C3CC3(Cl)C(=O)N(c4c(F)c(F)c(F)c(F)c4F)C(=O)C23Cl)cc(I)c1O. The summed E-state index contributed by atoms with van der Waals surface area (Å²) in [5.41, 5.74) is -0.296. The van der Waals surface area contributed by atoms with Crippen LogP contribution in [0.5, 0.6) is 11.5 Å². The number of piperidine rings is 1. The average Bonchev–Trinajstić information content (AvgIpc) is 3.52. The van der Waals surface area contributed by atoms with Gasteiger partial charge in [0.1, 0.15) is 5.69 Å². The number of aromatic hydroxyl groups is 1. The normalized spacial score (nSPS) is 29.4. The van der Waals surface area contributed by atoms with Crippen molar-refractivity contribution in [3.05, 3.63) is 97.9 Å². The van der Waals surface area contributed by atoms with Gasteiger partial charge in [-0.25, -0.2) is 26.9 Å². The number of amides is 4. The number of fused-ring (bicyclic) bond motifs is 4. The number of alkyl halides is 2. The van der Waals surface area contributed by atoms with Crippen molar-refractivity contribution in [3.63, 3.8) is 0 Å². The zero-order chi connectivity index (χ0) is 40.2. The molecule has 3 saturated heterocycles. The molecule has 0 aromatic heterocycles. The van der Waals surface area contributed by atoms with Gasteiger partial charge < -0.3 is 9.84 Å². The first-order valence-corrected chi connectivity index (χ1v) is 19.6. The quantitative estimate of drug-likeness (QED) is 0.0544. The molecule has 4 fully saturated rings. The minimum atomic E-state index is -2.69. The predicted octanol–water partition coefficient (Wildman–Crippen LogP) is 6.93. The van der Waals surface area contributed by atoms with Gasteiger partial charge in [-0.2, -0.15) is 0 Å². The molecule has 1 N–H and O–H groups in total. The number of carbonyl (C=O) groups excluding carboxylic acids is 4. The number of benzene rings is 3. The van der Waals surface area contributed by atoms with Crippen LogP contribution < -0.4 is 9.64 Å². The maximum atomic E-state index is 15.4. The number of anilines is 1. The van der Waals surface area contributed by atoms with Gasteiger partial charge >= 0.3 is 0 Å². The lowest BCUT2D eigenvalue weighted by molar-refractivity contribution is -0.144. The van der Waals surface area contributed by atoms with E-state index in [-0.39, 0.29) is 32.0 Å². The van der Waals surface area contributed by atoms with Crippen molar-refractivity contribution < 1.29 is 51.0 Å². The topological polar surface area (TPSA) is 107 Å². The maximum Gasteiger partial charge on any atom is 0.258 e. The van der Waals surface area contributed by atoms with E-state index in [2.05, 4.69) is 4.90 Å². The first-order chi connectivity index (χ1) is 26.6. The number of allylic oxidation sites excluding steroid dienone is 2. The molecule has 1 saturated carbocycles. The second kappa shape index (κ2) is 13.9. The van der Waals surface area contributed by atoms with Crippen molar-refractivity contribution >= 4 is 75.1 Å². The smallest absolute Gasteiger partial charge is 0.258 e. The molecule has 9 nitrogen and oxygen atoms in total. The number of carbonyl (C=O) groups is 4. The van der Waals surface area contributed by atoms with Crippen LogP contribution in [0, 0.1) is 50.4 Å². The standard InChI is InChI=1S/C39H31Cl2F5IN3O6/c1-56-24-14-18(13-23(47)33(24)51)26-20-7-8-21-25(35(53)49(34(21)52)19-9-11-48(12-10-19)16-17-5-3-2-4-6-17)22(20)15-38(40)36(54)50(37(55)39(26,38)41)32-30(45)28(43)27(42)29(44)31(32)46/h2-7,13-14,19,21-22,25-26,51H,8-12,15-16H2,1H3. The van der Waals surface area contributed by atoms with Crippen molar-refractivity contribution in [1.29, 1.82) is 0 Å². The van der Waals surface area contributed by atoms with Crippen LogP contribution >= 0.6 is 45.8 Å². The summed E-state index contributed by atoms with van der Waals surface area (Å²) in [6, 6.07) is 12.2. The molecule has 3 heterocycles. The molecule has 4 amide bonds. The molecule has 6 unspecified atom stereocenters. The van der Waals surface area contributed by atoms with Crippen molar-refractivity contribution in [2.45, 2.75) is 53.9 Å². The third kappa shape index (κ3) is 5.46. The lowest BCUT2D eigenvalue weighted by atomic mass is 9.56. The lowest BCUT2D eigenvalue weighted by Gasteiger charge is -2.50. The fourth-order valence-electron chi connectivity index (χ4n) is 9.42. The number of phenolic OH excluding ortho intramolecular Hbond substituents is 1. The molecule has 5 aliphatic rings. The molecule has 3 aliphatic heterocycles. The van der Waals surface area contributed by atoms with Gasteiger partial charge in [0.2, 0.25) is 17.6 Å². The number of rotatable bonds is 6. The first kappa shape index (κ1) is 39.0. The molecule has 0 bridgehead atoms. The highest BCUT2D eigenvalue weighted by Gasteiger charge is 2.77. The number of likely N-dealkylation sites (tertiary alicyclic amines) is 2. The van der Waals surface area contributed by atoms with Crippen LogP contribution in [-0.2, 0) is 25.7 Å². The molecule has 294 valence electrons. The third-order valence-corrected chi connectivity index (χ3v) is 14.3. The summed E-state index contributed by atoms with van der Waals surface area (Å²) in [5, 5.41) is 10.7. The van der Waals surface area contributed by atoms with Gasteiger partial charge in [0, 0.05) is 31.6 Å². The number of hydrogen-bond acceptors (Lipinski definition) is 7. The fourth-order valence-corrected chi connectivity index (χ4v) is 11.0. The Morgan fingerprint density at radius 1 is 0.875 bits per heavy atom. The monoisotopic (exact) mass is 929 g/mol. The van der Waals surface area contributed by atoms with Crippen LogP contribution in [0.25, 0.3) is 0 Å². The van der Waals surface area contributed by atoms with Gasteiger partial charge in [0.15, 0.2) is 44.5 Å². The molecule has 17 heteroatoms. The van der Waals surface area contributed by atoms with Gasteiger partial charge in [-0.3, -0.25) is 29.0 Å². The van der Waals surface area contributed by atoms with Crippen LogP contribution in [0.3, 0.4) is 0 Å². The number of nitrogens with zero attached hydrogens (tertiary/aromatic N) is 3. The number of imide groups is 2. The number of ether oxygens (including phenoxy) is 1. The molecule has 0 spiro atoms. The number of hydrogen-bond donors (Lipinski definition) is 1. The van der Waals surface area contributed by atoms with E-state index in [0.29, 0.717) is 38.0 Å². The summed E-state index contributed by atoms with van der Waals surface area (Å²) >= 11 is 16.3. The number of halogens is 8. The van der Waals surface area contributed by atoms with E-state index in [1.807, 2.05) is 30.3 Å². The fraction of sp³-hybridized carbons (Fsp3) is 0.385. The van der Waals surface area contributed by atoms with E-state index >= 15 is 8.78 Å². The van der Waals surface area contributed by atoms with E-state index in [1.165, 1.54) is 24.1 Å². The van der Waals surface area contributed by atoms with Crippen LogP contribution in [0.1, 0.15) is 42.7 Å². The van der Waals surface area contributed by atoms with Gasteiger partial charge in [-0.05, 0) is 77.5 Å². The van der Waals surface area contributed by atoms with E-state index in [4.69, 9.17) is 27.9 Å². The van der Waals surface area contributed by atoms with E-state index in [1.54, 1.807) is 28.7 Å². The largest absolute Gasteiger partial charge is 0.504 e. The Bertz CT molecular complexity index is 2230.